The van der Waals surface area contributed by atoms with Crippen LogP contribution in [0.5, 0.6) is 0 Å². The van der Waals surface area contributed by atoms with Crippen molar-refractivity contribution in [3.8, 4) is 0 Å². The van der Waals surface area contributed by atoms with Gasteiger partial charge >= 0.3 is 23.9 Å². The molecule has 0 radical (unpaired) electrons. The summed E-state index contributed by atoms with van der Waals surface area (Å²) in [6.07, 6.45) is -5.06. The third-order valence-electron chi connectivity index (χ3n) is 2.82. The molecule has 1 rings (SSSR count). The van der Waals surface area contributed by atoms with Gasteiger partial charge in [0.25, 0.3) is 0 Å². The highest BCUT2D eigenvalue weighted by Gasteiger charge is 2.53. The van der Waals surface area contributed by atoms with E-state index in [1.54, 1.807) is 0 Å². The van der Waals surface area contributed by atoms with E-state index in [2.05, 4.69) is 20.7 Å². The molecule has 0 aromatic heterocycles. The molecule has 1 saturated heterocycles. The number of carbonyl (C=O) groups excluding carboxylic acids is 4. The second kappa shape index (κ2) is 8.25. The average molecular weight is 397 g/mol. The smallest absolute Gasteiger partial charge is 0.339 e. The van der Waals surface area contributed by atoms with Crippen molar-refractivity contribution in [2.75, 3.05) is 7.11 Å². The zero-order valence-corrected chi connectivity index (χ0v) is 14.5. The monoisotopic (exact) mass is 396 g/mol. The third kappa shape index (κ3) is 5.17. The Morgan fingerprint density at radius 3 is 1.70 bits per heavy atom. The highest BCUT2D eigenvalue weighted by Crippen LogP contribution is 2.31. The number of carbonyl (C=O) groups is 4. The Kier molecular flexibility index (Phi) is 6.95. The van der Waals surface area contributed by atoms with Crippen molar-refractivity contribution >= 4 is 39.8 Å². The molecular formula is C13H17BrO9. The zero-order valence-electron chi connectivity index (χ0n) is 12.9. The molecule has 1 aliphatic heterocycles. The number of ether oxygens (including phenoxy) is 5. The molecule has 0 aromatic rings. The van der Waals surface area contributed by atoms with Crippen molar-refractivity contribution in [3.05, 3.63) is 0 Å². The van der Waals surface area contributed by atoms with Gasteiger partial charge in [-0.25, -0.2) is 4.79 Å². The topological polar surface area (TPSA) is 114 Å². The second-order valence-electron chi connectivity index (χ2n) is 4.65. The SMILES string of the molecule is COC(=O)[C@@H]1O[C@@H](Br)[C@H](OC(C)=O)[C@@H](OC(C)=O)[C@H]1OC(C)=O. The number of esters is 4. The van der Waals surface area contributed by atoms with Gasteiger partial charge in [-0.05, 0) is 0 Å². The van der Waals surface area contributed by atoms with E-state index in [1.807, 2.05) is 0 Å². The largest absolute Gasteiger partial charge is 0.467 e. The summed E-state index contributed by atoms with van der Waals surface area (Å²) in [5.74, 6) is -2.95. The van der Waals surface area contributed by atoms with E-state index in [0.29, 0.717) is 0 Å². The fraction of sp³-hybridized carbons (Fsp3) is 0.692. The minimum Gasteiger partial charge on any atom is -0.467 e. The number of halogens is 1. The van der Waals surface area contributed by atoms with Crippen LogP contribution in [0.1, 0.15) is 20.8 Å². The summed E-state index contributed by atoms with van der Waals surface area (Å²) in [7, 11) is 1.12. The summed E-state index contributed by atoms with van der Waals surface area (Å²) in [5, 5.41) is -0.980. The van der Waals surface area contributed by atoms with Crippen LogP contribution in [0.3, 0.4) is 0 Å². The Hall–Kier alpha value is -1.68. The molecule has 10 heteroatoms. The highest BCUT2D eigenvalue weighted by molar-refractivity contribution is 9.09. The molecule has 0 aromatic carbocycles. The van der Waals surface area contributed by atoms with Crippen molar-refractivity contribution < 1.29 is 42.9 Å². The Bertz CT molecular complexity index is 492. The van der Waals surface area contributed by atoms with Crippen LogP contribution >= 0.6 is 15.9 Å². The first-order valence-electron chi connectivity index (χ1n) is 6.56. The summed E-state index contributed by atoms with van der Waals surface area (Å²) in [4.78, 5) is 45.8. The summed E-state index contributed by atoms with van der Waals surface area (Å²) in [5.41, 5.74) is 0. The molecule has 0 N–H and O–H groups in total. The Labute approximate surface area is 140 Å². The van der Waals surface area contributed by atoms with Crippen LogP contribution in [-0.2, 0) is 42.9 Å². The second-order valence-corrected chi connectivity index (χ2v) is 5.56. The van der Waals surface area contributed by atoms with E-state index >= 15 is 0 Å². The molecule has 1 aliphatic rings. The number of alkyl halides is 1. The molecule has 0 saturated carbocycles. The number of methoxy groups -OCH3 is 1. The Morgan fingerprint density at radius 2 is 1.26 bits per heavy atom. The average Bonchev–Trinajstić information content (AvgIpc) is 2.43. The van der Waals surface area contributed by atoms with Gasteiger partial charge in [0.1, 0.15) is 0 Å². The van der Waals surface area contributed by atoms with Crippen LogP contribution in [0.4, 0.5) is 0 Å². The molecular weight excluding hydrogens is 380 g/mol. The maximum atomic E-state index is 11.9. The molecule has 1 heterocycles. The standard InChI is InChI=1S/C13H17BrO9/c1-5(15)20-8-9(21-6(2)16)11(13(18)19-4)23-12(14)10(8)22-7(3)17/h8-12H,1-4H3/t8-,9+,10+,11+,12+/m0/s1. The predicted octanol–water partition coefficient (Wildman–Crippen LogP) is 0.0743. The van der Waals surface area contributed by atoms with Crippen molar-refractivity contribution in [1.29, 1.82) is 0 Å². The van der Waals surface area contributed by atoms with Gasteiger partial charge in [-0.1, -0.05) is 15.9 Å². The van der Waals surface area contributed by atoms with Gasteiger partial charge in [0, 0.05) is 20.8 Å². The molecule has 0 aliphatic carbocycles. The molecule has 130 valence electrons. The van der Waals surface area contributed by atoms with Crippen LogP contribution in [0.25, 0.3) is 0 Å². The lowest BCUT2D eigenvalue weighted by atomic mass is 9.99. The fourth-order valence-electron chi connectivity index (χ4n) is 2.07. The van der Waals surface area contributed by atoms with E-state index in [1.165, 1.54) is 0 Å². The molecule has 0 spiro atoms. The summed E-state index contributed by atoms with van der Waals surface area (Å²) < 4.78 is 25.2. The van der Waals surface area contributed by atoms with Gasteiger partial charge < -0.3 is 23.7 Å². The molecule has 0 unspecified atom stereocenters. The summed E-state index contributed by atoms with van der Waals surface area (Å²) >= 11 is 3.11. The molecule has 5 atom stereocenters. The number of hydrogen-bond donors (Lipinski definition) is 0. The van der Waals surface area contributed by atoms with Crippen LogP contribution in [0.15, 0.2) is 0 Å². The van der Waals surface area contributed by atoms with Crippen molar-refractivity contribution in [3.63, 3.8) is 0 Å². The summed E-state index contributed by atoms with van der Waals surface area (Å²) in [6, 6.07) is 0. The fourth-order valence-corrected chi connectivity index (χ4v) is 2.71. The lowest BCUT2D eigenvalue weighted by Crippen LogP contribution is -2.61. The van der Waals surface area contributed by atoms with Crippen LogP contribution in [-0.4, -0.2) is 60.4 Å². The first-order valence-corrected chi connectivity index (χ1v) is 7.48. The molecule has 9 nitrogen and oxygen atoms in total. The highest BCUT2D eigenvalue weighted by atomic mass is 79.9. The van der Waals surface area contributed by atoms with E-state index in [9.17, 15) is 19.2 Å². The maximum Gasteiger partial charge on any atom is 0.339 e. The quantitative estimate of drug-likeness (QED) is 0.369. The van der Waals surface area contributed by atoms with Crippen molar-refractivity contribution in [2.24, 2.45) is 0 Å². The van der Waals surface area contributed by atoms with Crippen molar-refractivity contribution in [1.82, 2.24) is 0 Å². The first kappa shape index (κ1) is 19.4. The normalized spacial score (nSPS) is 30.0. The molecule has 0 amide bonds. The van der Waals surface area contributed by atoms with E-state index in [4.69, 9.17) is 18.9 Å². The predicted molar refractivity (Wildman–Crippen MR) is 76.3 cm³/mol. The number of rotatable bonds is 4. The van der Waals surface area contributed by atoms with Crippen LogP contribution < -0.4 is 0 Å². The van der Waals surface area contributed by atoms with Gasteiger partial charge in [-0.3, -0.25) is 14.4 Å². The van der Waals surface area contributed by atoms with E-state index < -0.39 is 53.3 Å². The maximum absolute atomic E-state index is 11.9. The van der Waals surface area contributed by atoms with Gasteiger partial charge in [-0.15, -0.1) is 0 Å². The third-order valence-corrected chi connectivity index (χ3v) is 3.56. The molecule has 1 fully saturated rings. The summed E-state index contributed by atoms with van der Waals surface area (Å²) in [6.45, 7) is 3.39. The van der Waals surface area contributed by atoms with E-state index in [0.717, 1.165) is 27.9 Å². The van der Waals surface area contributed by atoms with Crippen molar-refractivity contribution in [2.45, 2.75) is 50.2 Å². The van der Waals surface area contributed by atoms with Gasteiger partial charge in [0.2, 0.25) is 0 Å². The minimum atomic E-state index is -1.36. The van der Waals surface area contributed by atoms with E-state index in [-0.39, 0.29) is 0 Å². The van der Waals surface area contributed by atoms with Gasteiger partial charge in [-0.2, -0.15) is 0 Å². The zero-order chi connectivity index (χ0) is 17.7. The van der Waals surface area contributed by atoms with Crippen LogP contribution in [0.2, 0.25) is 0 Å². The first-order chi connectivity index (χ1) is 10.7. The lowest BCUT2D eigenvalue weighted by molar-refractivity contribution is -0.234. The number of hydrogen-bond acceptors (Lipinski definition) is 9. The lowest BCUT2D eigenvalue weighted by Gasteiger charge is -2.41. The van der Waals surface area contributed by atoms with Gasteiger partial charge in [0.05, 0.1) is 7.11 Å². The molecule has 23 heavy (non-hydrogen) atoms. The van der Waals surface area contributed by atoms with Gasteiger partial charge in [0.15, 0.2) is 29.4 Å². The Morgan fingerprint density at radius 1 is 0.826 bits per heavy atom. The minimum absolute atomic E-state index is 0.668. The van der Waals surface area contributed by atoms with Crippen LogP contribution in [0, 0.1) is 0 Å². The Balaban J connectivity index is 3.21. The molecule has 0 bridgehead atoms.